The maximum absolute atomic E-state index is 12.2. The van der Waals surface area contributed by atoms with Gasteiger partial charge in [-0.1, -0.05) is 15.9 Å². The van der Waals surface area contributed by atoms with E-state index in [0.29, 0.717) is 18.6 Å². The number of carbonyl (C=O) groups excluding carboxylic acids is 1. The molecule has 2 rings (SSSR count). The van der Waals surface area contributed by atoms with Crippen LogP contribution in [0, 0.1) is 0 Å². The lowest BCUT2D eigenvalue weighted by atomic mass is 9.91. The van der Waals surface area contributed by atoms with E-state index in [0.717, 1.165) is 22.9 Å². The van der Waals surface area contributed by atoms with Crippen LogP contribution in [0.15, 0.2) is 22.7 Å². The zero-order chi connectivity index (χ0) is 13.2. The molecule has 0 atom stereocenters. The fraction of sp³-hybridized carbons (Fsp3) is 0.500. The first-order valence-electron chi connectivity index (χ1n) is 6.13. The van der Waals surface area contributed by atoms with E-state index in [9.17, 15) is 9.90 Å². The minimum atomic E-state index is -1.12. The Balaban J connectivity index is 2.18. The van der Waals surface area contributed by atoms with Crippen molar-refractivity contribution in [2.75, 3.05) is 7.11 Å². The highest BCUT2D eigenvalue weighted by molar-refractivity contribution is 9.10. The van der Waals surface area contributed by atoms with Crippen LogP contribution in [0.25, 0.3) is 0 Å². The summed E-state index contributed by atoms with van der Waals surface area (Å²) in [5.41, 5.74) is -0.301. The van der Waals surface area contributed by atoms with Crippen molar-refractivity contribution >= 4 is 21.7 Å². The molecule has 0 bridgehead atoms. The van der Waals surface area contributed by atoms with Gasteiger partial charge in [-0.15, -0.1) is 0 Å². The van der Waals surface area contributed by atoms with Crippen LogP contribution in [0.4, 0.5) is 0 Å². The maximum Gasteiger partial charge on any atom is 0.168 e. The summed E-state index contributed by atoms with van der Waals surface area (Å²) in [6.07, 6.45) is 3.25. The Morgan fingerprint density at radius 1 is 1.44 bits per heavy atom. The second-order valence-corrected chi connectivity index (χ2v) is 5.71. The standard InChI is InChI=1S/C14H17BrO3/c1-18-12-5-4-11(15)8-10(12)9-13(16)14(17)6-2-3-7-14/h4-5,8,17H,2-3,6-7,9H2,1H3. The van der Waals surface area contributed by atoms with E-state index in [-0.39, 0.29) is 12.2 Å². The van der Waals surface area contributed by atoms with Crippen LogP contribution in [0.2, 0.25) is 0 Å². The third-order valence-corrected chi connectivity index (χ3v) is 4.04. The molecule has 1 saturated carbocycles. The Morgan fingerprint density at radius 2 is 2.11 bits per heavy atom. The SMILES string of the molecule is COc1ccc(Br)cc1CC(=O)C1(O)CCCC1. The zero-order valence-electron chi connectivity index (χ0n) is 10.4. The lowest BCUT2D eigenvalue weighted by Gasteiger charge is -2.21. The molecule has 0 spiro atoms. The highest BCUT2D eigenvalue weighted by Crippen LogP contribution is 2.32. The first-order chi connectivity index (χ1) is 8.55. The van der Waals surface area contributed by atoms with Crippen LogP contribution < -0.4 is 4.74 Å². The summed E-state index contributed by atoms with van der Waals surface area (Å²) >= 11 is 3.38. The van der Waals surface area contributed by atoms with Crippen LogP contribution in [-0.2, 0) is 11.2 Å². The number of methoxy groups -OCH3 is 1. The molecule has 4 heteroatoms. The Kier molecular flexibility index (Phi) is 4.07. The molecule has 0 heterocycles. The van der Waals surface area contributed by atoms with E-state index in [1.807, 2.05) is 18.2 Å². The van der Waals surface area contributed by atoms with Crippen LogP contribution in [0.3, 0.4) is 0 Å². The van der Waals surface area contributed by atoms with E-state index in [4.69, 9.17) is 4.74 Å². The number of benzene rings is 1. The number of hydrogen-bond acceptors (Lipinski definition) is 3. The molecule has 1 fully saturated rings. The normalized spacial score (nSPS) is 17.7. The predicted molar refractivity (Wildman–Crippen MR) is 72.8 cm³/mol. The van der Waals surface area contributed by atoms with Crippen molar-refractivity contribution in [3.05, 3.63) is 28.2 Å². The van der Waals surface area contributed by atoms with Gasteiger partial charge in [0.05, 0.1) is 7.11 Å². The third-order valence-electron chi connectivity index (χ3n) is 3.54. The Hall–Kier alpha value is -0.870. The third kappa shape index (κ3) is 2.75. The van der Waals surface area contributed by atoms with Crippen LogP contribution in [-0.4, -0.2) is 23.6 Å². The predicted octanol–water partition coefficient (Wildman–Crippen LogP) is 2.87. The molecule has 0 unspecified atom stereocenters. The molecule has 3 nitrogen and oxygen atoms in total. The van der Waals surface area contributed by atoms with E-state index >= 15 is 0 Å². The highest BCUT2D eigenvalue weighted by Gasteiger charge is 2.38. The molecular formula is C14H17BrO3. The van der Waals surface area contributed by atoms with Gasteiger partial charge in [-0.25, -0.2) is 0 Å². The smallest absolute Gasteiger partial charge is 0.168 e. The van der Waals surface area contributed by atoms with Crippen molar-refractivity contribution in [2.24, 2.45) is 0 Å². The van der Waals surface area contributed by atoms with Gasteiger partial charge in [0.1, 0.15) is 11.4 Å². The van der Waals surface area contributed by atoms with Crippen molar-refractivity contribution in [2.45, 2.75) is 37.7 Å². The van der Waals surface area contributed by atoms with Gasteiger partial charge < -0.3 is 9.84 Å². The molecule has 1 aromatic rings. The number of ether oxygens (including phenoxy) is 1. The minimum Gasteiger partial charge on any atom is -0.496 e. The summed E-state index contributed by atoms with van der Waals surface area (Å²) in [6, 6.07) is 5.57. The van der Waals surface area contributed by atoms with Crippen molar-refractivity contribution in [3.63, 3.8) is 0 Å². The number of aliphatic hydroxyl groups is 1. The average molecular weight is 313 g/mol. The van der Waals surface area contributed by atoms with Gasteiger partial charge in [-0.2, -0.15) is 0 Å². The Morgan fingerprint density at radius 3 is 2.72 bits per heavy atom. The molecule has 0 saturated heterocycles. The number of Topliss-reactive ketones (excluding diaryl/α,β-unsaturated/α-hetero) is 1. The minimum absolute atomic E-state index is 0.101. The average Bonchev–Trinajstić information content (AvgIpc) is 2.78. The maximum atomic E-state index is 12.2. The molecule has 1 N–H and O–H groups in total. The summed E-state index contributed by atoms with van der Waals surface area (Å²) in [5, 5.41) is 10.3. The fourth-order valence-corrected chi connectivity index (χ4v) is 2.87. The molecule has 18 heavy (non-hydrogen) atoms. The van der Waals surface area contributed by atoms with Crippen LogP contribution in [0.5, 0.6) is 5.75 Å². The topological polar surface area (TPSA) is 46.5 Å². The number of carbonyl (C=O) groups is 1. The highest BCUT2D eigenvalue weighted by atomic mass is 79.9. The van der Waals surface area contributed by atoms with Gasteiger partial charge in [0, 0.05) is 16.5 Å². The van der Waals surface area contributed by atoms with Gasteiger partial charge >= 0.3 is 0 Å². The van der Waals surface area contributed by atoms with Crippen LogP contribution >= 0.6 is 15.9 Å². The number of halogens is 1. The number of ketones is 1. The van der Waals surface area contributed by atoms with Gasteiger partial charge in [0.2, 0.25) is 0 Å². The molecule has 0 radical (unpaired) electrons. The second kappa shape index (κ2) is 5.41. The molecule has 0 aromatic heterocycles. The van der Waals surface area contributed by atoms with Crippen molar-refractivity contribution in [3.8, 4) is 5.75 Å². The first-order valence-corrected chi connectivity index (χ1v) is 6.92. The van der Waals surface area contributed by atoms with E-state index in [1.165, 1.54) is 0 Å². The van der Waals surface area contributed by atoms with Gasteiger partial charge in [-0.05, 0) is 43.9 Å². The lowest BCUT2D eigenvalue weighted by molar-refractivity contribution is -0.136. The molecule has 0 aliphatic heterocycles. The van der Waals surface area contributed by atoms with Crippen LogP contribution in [0.1, 0.15) is 31.2 Å². The largest absolute Gasteiger partial charge is 0.496 e. The quantitative estimate of drug-likeness (QED) is 0.930. The summed E-state index contributed by atoms with van der Waals surface area (Å²) in [5.74, 6) is 0.588. The molecule has 1 aliphatic rings. The summed E-state index contributed by atoms with van der Waals surface area (Å²) in [6.45, 7) is 0. The summed E-state index contributed by atoms with van der Waals surface area (Å²) in [7, 11) is 1.58. The van der Waals surface area contributed by atoms with Crippen molar-refractivity contribution in [1.82, 2.24) is 0 Å². The zero-order valence-corrected chi connectivity index (χ0v) is 12.0. The van der Waals surface area contributed by atoms with Crippen molar-refractivity contribution in [1.29, 1.82) is 0 Å². The Labute approximate surface area is 115 Å². The summed E-state index contributed by atoms with van der Waals surface area (Å²) < 4.78 is 6.15. The molecular weight excluding hydrogens is 296 g/mol. The second-order valence-electron chi connectivity index (χ2n) is 4.79. The molecule has 0 amide bonds. The lowest BCUT2D eigenvalue weighted by Crippen LogP contribution is -2.36. The molecule has 1 aliphatic carbocycles. The van der Waals surface area contributed by atoms with Gasteiger partial charge in [0.25, 0.3) is 0 Å². The Bertz CT molecular complexity index is 450. The fourth-order valence-electron chi connectivity index (χ4n) is 2.46. The number of hydrogen-bond donors (Lipinski definition) is 1. The molecule has 98 valence electrons. The monoisotopic (exact) mass is 312 g/mol. The number of rotatable bonds is 4. The summed E-state index contributed by atoms with van der Waals surface area (Å²) in [4.78, 5) is 12.2. The van der Waals surface area contributed by atoms with E-state index in [1.54, 1.807) is 7.11 Å². The van der Waals surface area contributed by atoms with E-state index < -0.39 is 5.60 Å². The molecule has 1 aromatic carbocycles. The van der Waals surface area contributed by atoms with E-state index in [2.05, 4.69) is 15.9 Å². The van der Waals surface area contributed by atoms with Gasteiger partial charge in [-0.3, -0.25) is 4.79 Å². The first kappa shape index (κ1) is 13.6. The van der Waals surface area contributed by atoms with Crippen molar-refractivity contribution < 1.29 is 14.6 Å². The van der Waals surface area contributed by atoms with Gasteiger partial charge in [0.15, 0.2) is 5.78 Å².